The van der Waals surface area contributed by atoms with Crippen molar-refractivity contribution >= 4 is 28.8 Å². The zero-order valence-electron chi connectivity index (χ0n) is 14.7. The van der Waals surface area contributed by atoms with Gasteiger partial charge >= 0.3 is 0 Å². The molecule has 0 aliphatic heterocycles. The monoisotopic (exact) mass is 368 g/mol. The van der Waals surface area contributed by atoms with Gasteiger partial charge in [-0.3, -0.25) is 9.59 Å². The van der Waals surface area contributed by atoms with Gasteiger partial charge in [0.05, 0.1) is 17.1 Å². The Labute approximate surface area is 155 Å². The molecule has 0 atom stereocenters. The highest BCUT2D eigenvalue weighted by molar-refractivity contribution is 7.14. The third-order valence-corrected chi connectivity index (χ3v) is 5.28. The lowest BCUT2D eigenvalue weighted by Crippen LogP contribution is -2.32. The van der Waals surface area contributed by atoms with Crippen LogP contribution in [0.15, 0.2) is 48.8 Å². The Morgan fingerprint density at radius 1 is 1.23 bits per heavy atom. The van der Waals surface area contributed by atoms with Crippen molar-refractivity contribution in [3.63, 3.8) is 0 Å². The van der Waals surface area contributed by atoms with Crippen LogP contribution in [0.25, 0.3) is 5.69 Å². The van der Waals surface area contributed by atoms with Crippen molar-refractivity contribution in [1.29, 1.82) is 0 Å². The normalized spacial score (nSPS) is 10.5. The van der Waals surface area contributed by atoms with Gasteiger partial charge in [-0.05, 0) is 55.3 Å². The largest absolute Gasteiger partial charge is 0.342 e. The lowest BCUT2D eigenvalue weighted by molar-refractivity contribution is -0.115. The number of benzene rings is 1. The second-order valence-corrected chi connectivity index (χ2v) is 6.94. The molecule has 0 fully saturated rings. The molecular formula is C19H20N4O2S. The molecule has 2 N–H and O–H groups in total. The van der Waals surface area contributed by atoms with E-state index in [9.17, 15) is 9.59 Å². The average molecular weight is 368 g/mol. The zero-order valence-corrected chi connectivity index (χ0v) is 15.5. The fourth-order valence-corrected chi connectivity index (χ4v) is 3.58. The first-order valence-electron chi connectivity index (χ1n) is 8.34. The van der Waals surface area contributed by atoms with Crippen molar-refractivity contribution in [2.45, 2.75) is 20.3 Å². The summed E-state index contributed by atoms with van der Waals surface area (Å²) in [5.74, 6) is -0.490. The van der Waals surface area contributed by atoms with E-state index in [0.717, 1.165) is 17.7 Å². The van der Waals surface area contributed by atoms with E-state index >= 15 is 0 Å². The van der Waals surface area contributed by atoms with Gasteiger partial charge in [0.1, 0.15) is 0 Å². The van der Waals surface area contributed by atoms with Crippen LogP contribution in [0.2, 0.25) is 0 Å². The highest BCUT2D eigenvalue weighted by Crippen LogP contribution is 2.22. The summed E-state index contributed by atoms with van der Waals surface area (Å²) in [5.41, 5.74) is 2.69. The molecule has 2 heterocycles. The zero-order chi connectivity index (χ0) is 18.5. The summed E-state index contributed by atoms with van der Waals surface area (Å²) in [6.07, 6.45) is 4.45. The van der Waals surface area contributed by atoms with E-state index in [1.54, 1.807) is 23.0 Å². The van der Waals surface area contributed by atoms with Crippen LogP contribution >= 0.6 is 11.3 Å². The number of nitrogens with zero attached hydrogens (tertiary/aromatic N) is 2. The quantitative estimate of drug-likeness (QED) is 0.702. The van der Waals surface area contributed by atoms with Crippen LogP contribution in [0, 0.1) is 6.92 Å². The number of amides is 2. The van der Waals surface area contributed by atoms with E-state index in [1.165, 1.54) is 16.2 Å². The second kappa shape index (κ2) is 7.97. The number of carbonyl (C=O) groups excluding carboxylic acids is 2. The van der Waals surface area contributed by atoms with Crippen molar-refractivity contribution in [1.82, 2.24) is 15.1 Å². The number of hydrogen-bond donors (Lipinski definition) is 2. The molecule has 7 heteroatoms. The maximum atomic E-state index is 12.2. The molecule has 0 spiro atoms. The van der Waals surface area contributed by atoms with Crippen molar-refractivity contribution in [2.24, 2.45) is 0 Å². The molecule has 3 aromatic rings. The molecular weight excluding hydrogens is 348 g/mol. The first-order valence-corrected chi connectivity index (χ1v) is 9.16. The van der Waals surface area contributed by atoms with Crippen molar-refractivity contribution < 1.29 is 9.59 Å². The van der Waals surface area contributed by atoms with E-state index < -0.39 is 0 Å². The summed E-state index contributed by atoms with van der Waals surface area (Å²) in [6, 6.07) is 11.0. The van der Waals surface area contributed by atoms with Gasteiger partial charge in [-0.25, -0.2) is 4.68 Å². The number of aryl methyl sites for hydroxylation is 2. The van der Waals surface area contributed by atoms with Gasteiger partial charge in [-0.2, -0.15) is 5.10 Å². The SMILES string of the molecule is CCc1sc(C(=O)NCC(=O)Nc2ccc(-n3cccn3)cc2)cc1C. The Kier molecular flexibility index (Phi) is 5.48. The molecule has 3 rings (SSSR count). The summed E-state index contributed by atoms with van der Waals surface area (Å²) < 4.78 is 1.74. The van der Waals surface area contributed by atoms with Crippen LogP contribution < -0.4 is 10.6 Å². The Bertz CT molecular complexity index is 898. The van der Waals surface area contributed by atoms with Crippen LogP contribution in [-0.2, 0) is 11.2 Å². The number of aromatic nitrogens is 2. The summed E-state index contributed by atoms with van der Waals surface area (Å²) in [6.45, 7) is 3.98. The molecule has 0 bridgehead atoms. The minimum atomic E-state index is -0.269. The third-order valence-electron chi connectivity index (χ3n) is 3.89. The van der Waals surface area contributed by atoms with Gasteiger partial charge < -0.3 is 10.6 Å². The summed E-state index contributed by atoms with van der Waals surface area (Å²) in [4.78, 5) is 26.0. The number of thiophene rings is 1. The predicted molar refractivity (Wildman–Crippen MR) is 103 cm³/mol. The molecule has 0 saturated carbocycles. The predicted octanol–water partition coefficient (Wildman–Crippen LogP) is 3.17. The minimum Gasteiger partial charge on any atom is -0.342 e. The van der Waals surface area contributed by atoms with Crippen LogP contribution in [-0.4, -0.2) is 28.1 Å². The Morgan fingerprint density at radius 2 is 2.00 bits per heavy atom. The van der Waals surface area contributed by atoms with Crippen LogP contribution in [0.3, 0.4) is 0 Å². The lowest BCUT2D eigenvalue weighted by Gasteiger charge is -2.07. The van der Waals surface area contributed by atoms with Gasteiger partial charge in [0.2, 0.25) is 5.91 Å². The second-order valence-electron chi connectivity index (χ2n) is 5.80. The molecule has 1 aromatic carbocycles. The standard InChI is InChI=1S/C19H20N4O2S/c1-3-16-13(2)11-17(26-16)19(25)20-12-18(24)22-14-5-7-15(8-6-14)23-10-4-9-21-23/h4-11H,3,12H2,1-2H3,(H,20,25)(H,22,24). The average Bonchev–Trinajstić information content (AvgIpc) is 3.30. The van der Waals surface area contributed by atoms with Crippen molar-refractivity contribution in [3.8, 4) is 5.69 Å². The molecule has 0 saturated heterocycles. The van der Waals surface area contributed by atoms with E-state index in [-0.39, 0.29) is 18.4 Å². The number of anilines is 1. The molecule has 0 unspecified atom stereocenters. The van der Waals surface area contributed by atoms with Gasteiger partial charge in [0, 0.05) is 23.0 Å². The fraction of sp³-hybridized carbons (Fsp3) is 0.211. The maximum Gasteiger partial charge on any atom is 0.261 e. The molecule has 2 aromatic heterocycles. The van der Waals surface area contributed by atoms with E-state index in [1.807, 2.05) is 37.4 Å². The van der Waals surface area contributed by atoms with Gasteiger partial charge in [-0.1, -0.05) is 6.92 Å². The first-order chi connectivity index (χ1) is 12.6. The molecule has 26 heavy (non-hydrogen) atoms. The molecule has 2 amide bonds. The Morgan fingerprint density at radius 3 is 2.62 bits per heavy atom. The first kappa shape index (κ1) is 17.9. The summed E-state index contributed by atoms with van der Waals surface area (Å²) in [5, 5.41) is 9.58. The van der Waals surface area contributed by atoms with Crippen molar-refractivity contribution in [3.05, 3.63) is 64.1 Å². The highest BCUT2D eigenvalue weighted by Gasteiger charge is 2.13. The molecule has 0 aliphatic carbocycles. The molecule has 0 radical (unpaired) electrons. The van der Waals surface area contributed by atoms with Crippen LogP contribution in [0.4, 0.5) is 5.69 Å². The molecule has 0 aliphatic rings. The third kappa shape index (κ3) is 4.18. The van der Waals surface area contributed by atoms with Gasteiger partial charge in [0.15, 0.2) is 0 Å². The number of nitrogens with one attached hydrogen (secondary N) is 2. The van der Waals surface area contributed by atoms with E-state index in [2.05, 4.69) is 22.7 Å². The van der Waals surface area contributed by atoms with Crippen LogP contribution in [0.1, 0.15) is 27.0 Å². The lowest BCUT2D eigenvalue weighted by atomic mass is 10.2. The Balaban J connectivity index is 1.53. The smallest absolute Gasteiger partial charge is 0.261 e. The highest BCUT2D eigenvalue weighted by atomic mass is 32.1. The Hall–Kier alpha value is -2.93. The maximum absolute atomic E-state index is 12.2. The fourth-order valence-electron chi connectivity index (χ4n) is 2.55. The van der Waals surface area contributed by atoms with Gasteiger partial charge in [0.25, 0.3) is 5.91 Å². The summed E-state index contributed by atoms with van der Waals surface area (Å²) in [7, 11) is 0. The van der Waals surface area contributed by atoms with Crippen LogP contribution in [0.5, 0.6) is 0 Å². The molecule has 6 nitrogen and oxygen atoms in total. The van der Waals surface area contributed by atoms with Gasteiger partial charge in [-0.15, -0.1) is 11.3 Å². The number of carbonyl (C=O) groups is 2. The minimum absolute atomic E-state index is 0.0713. The van der Waals surface area contributed by atoms with E-state index in [0.29, 0.717) is 10.6 Å². The summed E-state index contributed by atoms with van der Waals surface area (Å²) >= 11 is 1.47. The topological polar surface area (TPSA) is 76.0 Å². The number of rotatable bonds is 6. The van der Waals surface area contributed by atoms with E-state index in [4.69, 9.17) is 0 Å². The van der Waals surface area contributed by atoms with Crippen molar-refractivity contribution in [2.75, 3.05) is 11.9 Å². The number of hydrogen-bond acceptors (Lipinski definition) is 4. The molecule has 134 valence electrons.